The quantitative estimate of drug-likeness (QED) is 0.760. The van der Waals surface area contributed by atoms with Crippen molar-refractivity contribution in [2.45, 2.75) is 64.2 Å². The van der Waals surface area contributed by atoms with Gasteiger partial charge in [-0.05, 0) is 32.3 Å². The summed E-state index contributed by atoms with van der Waals surface area (Å²) in [5, 5.41) is 0. The molecule has 1 amide bonds. The molecule has 1 saturated heterocycles. The van der Waals surface area contributed by atoms with Crippen molar-refractivity contribution in [3.8, 4) is 0 Å². The molecule has 0 spiro atoms. The molecular weight excluding hydrogens is 330 g/mol. The molecule has 0 aromatic heterocycles. The number of amides is 1. The van der Waals surface area contributed by atoms with E-state index in [1.54, 1.807) is 4.90 Å². The molecule has 3 rings (SSSR count). The fourth-order valence-electron chi connectivity index (χ4n) is 3.92. The largest absolute Gasteiger partial charge is 0.454 e. The minimum atomic E-state index is -0.352. The van der Waals surface area contributed by atoms with Gasteiger partial charge in [0.1, 0.15) is 6.04 Å². The second kappa shape index (κ2) is 8.64. The van der Waals surface area contributed by atoms with E-state index >= 15 is 0 Å². The molecular formula is C20H29N3O3. The first-order valence-corrected chi connectivity index (χ1v) is 9.57. The number of hydrogen-bond donors (Lipinski definition) is 2. The highest BCUT2D eigenvalue weighted by atomic mass is 16.5. The van der Waals surface area contributed by atoms with Gasteiger partial charge in [0.25, 0.3) is 5.91 Å². The molecule has 26 heavy (non-hydrogen) atoms. The normalized spacial score (nSPS) is 25.0. The van der Waals surface area contributed by atoms with Crippen molar-refractivity contribution in [2.24, 2.45) is 5.92 Å². The zero-order chi connectivity index (χ0) is 18.5. The highest BCUT2D eigenvalue weighted by Gasteiger charge is 2.42. The summed E-state index contributed by atoms with van der Waals surface area (Å²) in [6, 6.07) is 9.87. The Morgan fingerprint density at radius 2 is 1.88 bits per heavy atom. The van der Waals surface area contributed by atoms with Gasteiger partial charge >= 0.3 is 5.97 Å². The van der Waals surface area contributed by atoms with E-state index in [1.165, 1.54) is 6.42 Å². The number of hydrogen-bond acceptors (Lipinski definition) is 5. The van der Waals surface area contributed by atoms with Crippen LogP contribution in [0.15, 0.2) is 30.3 Å². The van der Waals surface area contributed by atoms with Gasteiger partial charge in [0, 0.05) is 24.5 Å². The number of esters is 1. The number of carbonyl (C=O) groups excluding carboxylic acids is 2. The maximum absolute atomic E-state index is 12.6. The predicted molar refractivity (Wildman–Crippen MR) is 98.9 cm³/mol. The molecule has 1 aliphatic carbocycles. The van der Waals surface area contributed by atoms with Crippen LogP contribution in [0, 0.1) is 5.92 Å². The number of nitrogens with zero attached hydrogens (tertiary/aromatic N) is 1. The number of rotatable bonds is 6. The summed E-state index contributed by atoms with van der Waals surface area (Å²) < 4.78 is 5.37. The van der Waals surface area contributed by atoms with Gasteiger partial charge in [-0.25, -0.2) is 5.43 Å². The molecule has 0 bridgehead atoms. The number of fused-ring (bicyclic) bond motifs is 1. The summed E-state index contributed by atoms with van der Waals surface area (Å²) in [7, 11) is 0. The van der Waals surface area contributed by atoms with Crippen LogP contribution in [0.3, 0.4) is 0 Å². The molecule has 2 fully saturated rings. The molecule has 6 heteroatoms. The number of nitrogens with one attached hydrogen (secondary N) is 2. The third-order valence-electron chi connectivity index (χ3n) is 5.40. The predicted octanol–water partition coefficient (Wildman–Crippen LogP) is 2.00. The van der Waals surface area contributed by atoms with E-state index in [4.69, 9.17) is 4.74 Å². The van der Waals surface area contributed by atoms with Gasteiger partial charge in [-0.2, -0.15) is 0 Å². The van der Waals surface area contributed by atoms with E-state index in [0.29, 0.717) is 12.6 Å². The Bertz CT molecular complexity index is 620. The summed E-state index contributed by atoms with van der Waals surface area (Å²) in [4.78, 5) is 26.8. The third-order valence-corrected chi connectivity index (χ3v) is 5.40. The first-order chi connectivity index (χ1) is 12.6. The van der Waals surface area contributed by atoms with Crippen LogP contribution in [0.1, 0.15) is 45.1 Å². The van der Waals surface area contributed by atoms with E-state index in [-0.39, 0.29) is 36.5 Å². The molecule has 1 saturated carbocycles. The monoisotopic (exact) mass is 359 g/mol. The molecule has 1 aromatic rings. The van der Waals surface area contributed by atoms with Gasteiger partial charge in [-0.3, -0.25) is 15.0 Å². The summed E-state index contributed by atoms with van der Waals surface area (Å²) in [6.45, 7) is 4.25. The lowest BCUT2D eigenvalue weighted by Gasteiger charge is -2.28. The Hall–Kier alpha value is -1.92. The number of hydrazine groups is 1. The minimum Gasteiger partial charge on any atom is -0.454 e. The first kappa shape index (κ1) is 18.9. The lowest BCUT2D eigenvalue weighted by Crippen LogP contribution is -2.43. The van der Waals surface area contributed by atoms with Gasteiger partial charge < -0.3 is 9.64 Å². The second-order valence-electron chi connectivity index (χ2n) is 7.53. The van der Waals surface area contributed by atoms with Gasteiger partial charge in [-0.1, -0.05) is 43.2 Å². The minimum absolute atomic E-state index is 0.0374. The van der Waals surface area contributed by atoms with Crippen molar-refractivity contribution < 1.29 is 14.3 Å². The zero-order valence-corrected chi connectivity index (χ0v) is 15.6. The van der Waals surface area contributed by atoms with Crippen LogP contribution in [0.4, 0.5) is 0 Å². The van der Waals surface area contributed by atoms with E-state index in [9.17, 15) is 9.59 Å². The Kier molecular flexibility index (Phi) is 6.27. The molecule has 1 aromatic carbocycles. The van der Waals surface area contributed by atoms with Crippen molar-refractivity contribution in [3.63, 3.8) is 0 Å². The van der Waals surface area contributed by atoms with Gasteiger partial charge in [-0.15, -0.1) is 0 Å². The molecule has 2 aliphatic rings. The standard InChI is InChI=1S/C20H29N3O3/c1-14(2)23(12-15-8-4-3-5-9-15)18(24)13-26-20(25)19-16-10-6-7-11-17(16)21-22-19/h3-5,8-9,14,16-17,19,21-22H,6-7,10-13H2,1-2H3. The molecule has 3 unspecified atom stereocenters. The van der Waals surface area contributed by atoms with Crippen LogP contribution in [-0.2, 0) is 20.9 Å². The zero-order valence-electron chi connectivity index (χ0n) is 15.6. The fraction of sp³-hybridized carbons (Fsp3) is 0.600. The van der Waals surface area contributed by atoms with E-state index in [2.05, 4.69) is 10.9 Å². The number of ether oxygens (including phenoxy) is 1. The Morgan fingerprint density at radius 1 is 1.15 bits per heavy atom. The molecule has 1 aliphatic heterocycles. The fourth-order valence-corrected chi connectivity index (χ4v) is 3.92. The van der Waals surface area contributed by atoms with Crippen LogP contribution in [0.2, 0.25) is 0 Å². The molecule has 2 N–H and O–H groups in total. The average molecular weight is 359 g/mol. The Morgan fingerprint density at radius 3 is 2.62 bits per heavy atom. The number of benzene rings is 1. The molecule has 0 radical (unpaired) electrons. The van der Waals surface area contributed by atoms with Crippen LogP contribution in [-0.4, -0.2) is 41.5 Å². The van der Waals surface area contributed by atoms with Crippen molar-refractivity contribution in [3.05, 3.63) is 35.9 Å². The second-order valence-corrected chi connectivity index (χ2v) is 7.53. The van der Waals surface area contributed by atoms with Gasteiger partial charge in [0.05, 0.1) is 0 Å². The maximum atomic E-state index is 12.6. The Balaban J connectivity index is 1.53. The molecule has 1 heterocycles. The van der Waals surface area contributed by atoms with Crippen molar-refractivity contribution in [1.29, 1.82) is 0 Å². The van der Waals surface area contributed by atoms with E-state index < -0.39 is 0 Å². The number of carbonyl (C=O) groups is 2. The van der Waals surface area contributed by atoms with E-state index in [0.717, 1.165) is 24.8 Å². The van der Waals surface area contributed by atoms with Crippen molar-refractivity contribution in [1.82, 2.24) is 15.8 Å². The summed E-state index contributed by atoms with van der Waals surface area (Å²) in [6.07, 6.45) is 4.44. The lowest BCUT2D eigenvalue weighted by atomic mass is 9.82. The highest BCUT2D eigenvalue weighted by molar-refractivity contribution is 5.83. The average Bonchev–Trinajstić information content (AvgIpc) is 3.09. The molecule has 142 valence electrons. The van der Waals surface area contributed by atoms with Crippen molar-refractivity contribution in [2.75, 3.05) is 6.61 Å². The van der Waals surface area contributed by atoms with Crippen LogP contribution in [0.5, 0.6) is 0 Å². The van der Waals surface area contributed by atoms with Crippen molar-refractivity contribution >= 4 is 11.9 Å². The highest BCUT2D eigenvalue weighted by Crippen LogP contribution is 2.30. The van der Waals surface area contributed by atoms with Crippen LogP contribution in [0.25, 0.3) is 0 Å². The summed E-state index contributed by atoms with van der Waals surface area (Å²) >= 11 is 0. The smallest absolute Gasteiger partial charge is 0.325 e. The maximum Gasteiger partial charge on any atom is 0.325 e. The summed E-state index contributed by atoms with van der Waals surface area (Å²) in [5.41, 5.74) is 7.33. The van der Waals surface area contributed by atoms with E-state index in [1.807, 2.05) is 44.2 Å². The summed E-state index contributed by atoms with van der Waals surface area (Å²) in [5.74, 6) is -0.233. The topological polar surface area (TPSA) is 70.7 Å². The lowest BCUT2D eigenvalue weighted by molar-refractivity contribution is -0.155. The van der Waals surface area contributed by atoms with Crippen LogP contribution >= 0.6 is 0 Å². The van der Waals surface area contributed by atoms with Gasteiger partial charge in [0.15, 0.2) is 6.61 Å². The van der Waals surface area contributed by atoms with Crippen LogP contribution < -0.4 is 10.9 Å². The first-order valence-electron chi connectivity index (χ1n) is 9.57. The third kappa shape index (κ3) is 4.43. The molecule has 3 atom stereocenters. The Labute approximate surface area is 155 Å². The molecule has 6 nitrogen and oxygen atoms in total. The SMILES string of the molecule is CC(C)N(Cc1ccccc1)C(=O)COC(=O)C1NNC2CCCCC21. The van der Waals surface area contributed by atoms with Gasteiger partial charge in [0.2, 0.25) is 0 Å².